The Bertz CT molecular complexity index is 1110. The molecule has 4 rings (SSSR count). The van der Waals surface area contributed by atoms with E-state index < -0.39 is 17.8 Å². The molecule has 31 heavy (non-hydrogen) atoms. The maximum Gasteiger partial charge on any atom is 0.329 e. The van der Waals surface area contributed by atoms with Gasteiger partial charge >= 0.3 is 5.97 Å². The number of Topliss-reactive ketones (excluding diaryl/α,β-unsaturated/α-hetero) is 1. The molecule has 0 saturated carbocycles. The van der Waals surface area contributed by atoms with Crippen molar-refractivity contribution in [1.29, 1.82) is 0 Å². The second kappa shape index (κ2) is 8.79. The smallest absolute Gasteiger partial charge is 0.329 e. The Morgan fingerprint density at radius 2 is 1.87 bits per heavy atom. The summed E-state index contributed by atoms with van der Waals surface area (Å²) in [5.74, 6) is 0.243. The van der Waals surface area contributed by atoms with Crippen molar-refractivity contribution in [2.75, 3.05) is 14.2 Å². The van der Waals surface area contributed by atoms with Gasteiger partial charge in [0.25, 0.3) is 0 Å². The van der Waals surface area contributed by atoms with Gasteiger partial charge in [0.2, 0.25) is 5.78 Å². The molecule has 0 aliphatic carbocycles. The van der Waals surface area contributed by atoms with Crippen LogP contribution < -0.4 is 14.2 Å². The monoisotopic (exact) mass is 439 g/mol. The van der Waals surface area contributed by atoms with Crippen LogP contribution >= 0.6 is 11.3 Å². The molecule has 1 unspecified atom stereocenters. The summed E-state index contributed by atoms with van der Waals surface area (Å²) in [5, 5.41) is 10.3. The van der Waals surface area contributed by atoms with Gasteiger partial charge in [-0.1, -0.05) is 35.6 Å². The lowest BCUT2D eigenvalue weighted by Gasteiger charge is -2.31. The molecule has 7 nitrogen and oxygen atoms in total. The number of methoxy groups -OCH3 is 2. The number of carbonyl (C=O) groups is 2. The first kappa shape index (κ1) is 20.9. The van der Waals surface area contributed by atoms with Crippen LogP contribution in [0.4, 0.5) is 0 Å². The Morgan fingerprint density at radius 3 is 2.55 bits per heavy atom. The van der Waals surface area contributed by atoms with Gasteiger partial charge in [0.05, 0.1) is 19.1 Å². The number of carboxylic acid groups (broad SMARTS) is 1. The topological polar surface area (TPSA) is 85.3 Å². The van der Waals surface area contributed by atoms with Crippen molar-refractivity contribution in [3.8, 4) is 22.3 Å². The number of carbonyl (C=O) groups excluding carboxylic acids is 1. The van der Waals surface area contributed by atoms with Crippen LogP contribution in [0, 0.1) is 0 Å². The van der Waals surface area contributed by atoms with Crippen LogP contribution in [0.5, 0.6) is 22.3 Å². The Morgan fingerprint density at radius 1 is 1.10 bits per heavy atom. The number of rotatable bonds is 7. The highest BCUT2D eigenvalue weighted by Gasteiger charge is 2.40. The van der Waals surface area contributed by atoms with Crippen molar-refractivity contribution < 1.29 is 28.9 Å². The van der Waals surface area contributed by atoms with Gasteiger partial charge in [-0.15, -0.1) is 0 Å². The van der Waals surface area contributed by atoms with E-state index in [9.17, 15) is 14.7 Å². The lowest BCUT2D eigenvalue weighted by molar-refractivity contribution is -0.141. The highest BCUT2D eigenvalue weighted by Crippen LogP contribution is 2.38. The molecule has 1 N–H and O–H groups in total. The van der Waals surface area contributed by atoms with Crippen molar-refractivity contribution in [2.45, 2.75) is 19.1 Å². The van der Waals surface area contributed by atoms with Crippen LogP contribution in [-0.2, 0) is 17.9 Å². The summed E-state index contributed by atoms with van der Waals surface area (Å²) in [4.78, 5) is 27.1. The number of carboxylic acids is 1. The van der Waals surface area contributed by atoms with E-state index in [1.54, 1.807) is 37.3 Å². The molecule has 0 saturated heterocycles. The Kier molecular flexibility index (Phi) is 5.92. The minimum absolute atomic E-state index is 0.236. The molecule has 1 aromatic heterocycles. The number of fused-ring (bicyclic) bond motifs is 1. The summed E-state index contributed by atoms with van der Waals surface area (Å²) in [6.07, 6.45) is 0. The standard InChI is InChI=1S/C23H21NO6S/c1-28-17-9-8-14(18(11-17)29-2)12-24-13-15-10-19(30-16-6-4-3-5-7-16)31-22(15)21(25)20(24)23(26)27/h3-11,20H,12-13H2,1-2H3,(H,26,27). The SMILES string of the molecule is COc1ccc(CN2Cc3cc(Oc4ccccc4)sc3C(=O)C2C(=O)O)c(OC)c1. The molecule has 0 amide bonds. The average molecular weight is 439 g/mol. The van der Waals surface area contributed by atoms with Gasteiger partial charge < -0.3 is 19.3 Å². The van der Waals surface area contributed by atoms with E-state index in [0.717, 1.165) is 11.1 Å². The van der Waals surface area contributed by atoms with Crippen LogP contribution in [0.1, 0.15) is 20.8 Å². The summed E-state index contributed by atoms with van der Waals surface area (Å²) in [5.41, 5.74) is 1.52. The second-order valence-electron chi connectivity index (χ2n) is 7.02. The van der Waals surface area contributed by atoms with Crippen LogP contribution in [0.15, 0.2) is 54.6 Å². The molecule has 0 bridgehead atoms. The van der Waals surface area contributed by atoms with Gasteiger partial charge in [-0.25, -0.2) is 0 Å². The van der Waals surface area contributed by atoms with E-state index in [1.807, 2.05) is 36.4 Å². The number of nitrogens with zero attached hydrogens (tertiary/aromatic N) is 1. The molecule has 0 spiro atoms. The zero-order chi connectivity index (χ0) is 22.0. The number of ether oxygens (including phenoxy) is 3. The van der Waals surface area contributed by atoms with Crippen molar-refractivity contribution >= 4 is 23.1 Å². The lowest BCUT2D eigenvalue weighted by atomic mass is 9.99. The number of thiophene rings is 1. The van der Waals surface area contributed by atoms with Gasteiger partial charge in [0.15, 0.2) is 11.1 Å². The normalized spacial score (nSPS) is 15.9. The Balaban J connectivity index is 1.63. The molecule has 8 heteroatoms. The minimum Gasteiger partial charge on any atom is -0.497 e. The molecular formula is C23H21NO6S. The number of hydrogen-bond donors (Lipinski definition) is 1. The first-order valence-corrected chi connectivity index (χ1v) is 10.4. The van der Waals surface area contributed by atoms with E-state index in [2.05, 4.69) is 0 Å². The fourth-order valence-corrected chi connectivity index (χ4v) is 4.61. The summed E-state index contributed by atoms with van der Waals surface area (Å²) >= 11 is 1.18. The third kappa shape index (κ3) is 4.26. The maximum atomic E-state index is 13.1. The van der Waals surface area contributed by atoms with E-state index in [4.69, 9.17) is 14.2 Å². The summed E-state index contributed by atoms with van der Waals surface area (Å²) in [6, 6.07) is 15.1. The zero-order valence-corrected chi connectivity index (χ0v) is 17.8. The summed E-state index contributed by atoms with van der Waals surface area (Å²) in [7, 11) is 3.10. The molecule has 2 heterocycles. The van der Waals surface area contributed by atoms with Crippen LogP contribution in [-0.4, -0.2) is 42.0 Å². The van der Waals surface area contributed by atoms with Gasteiger partial charge in [-0.2, -0.15) is 0 Å². The van der Waals surface area contributed by atoms with E-state index in [1.165, 1.54) is 11.3 Å². The zero-order valence-electron chi connectivity index (χ0n) is 17.0. The number of ketones is 1. The maximum absolute atomic E-state index is 13.1. The minimum atomic E-state index is -1.28. The predicted molar refractivity (Wildman–Crippen MR) is 115 cm³/mol. The average Bonchev–Trinajstić information content (AvgIpc) is 3.17. The molecule has 3 aromatic rings. The van der Waals surface area contributed by atoms with E-state index >= 15 is 0 Å². The Hall–Kier alpha value is -3.36. The quantitative estimate of drug-likeness (QED) is 0.552. The fourth-order valence-electron chi connectivity index (χ4n) is 3.60. The van der Waals surface area contributed by atoms with Crippen LogP contribution in [0.25, 0.3) is 0 Å². The number of para-hydroxylation sites is 1. The molecule has 1 aliphatic rings. The third-order valence-electron chi connectivity index (χ3n) is 5.06. The Labute approximate surface area is 183 Å². The number of hydrogen-bond acceptors (Lipinski definition) is 7. The second-order valence-corrected chi connectivity index (χ2v) is 8.04. The molecule has 1 atom stereocenters. The molecule has 0 radical (unpaired) electrons. The van der Waals surface area contributed by atoms with Gasteiger partial charge in [-0.3, -0.25) is 14.5 Å². The summed E-state index contributed by atoms with van der Waals surface area (Å²) in [6.45, 7) is 0.544. The lowest BCUT2D eigenvalue weighted by Crippen LogP contribution is -2.48. The van der Waals surface area contributed by atoms with Crippen LogP contribution in [0.3, 0.4) is 0 Å². The summed E-state index contributed by atoms with van der Waals surface area (Å²) < 4.78 is 16.5. The van der Waals surface area contributed by atoms with Crippen molar-refractivity contribution in [1.82, 2.24) is 4.90 Å². The predicted octanol–water partition coefficient (Wildman–Crippen LogP) is 4.21. The van der Waals surface area contributed by atoms with Gasteiger partial charge in [0.1, 0.15) is 17.2 Å². The first-order valence-electron chi connectivity index (χ1n) is 9.57. The van der Waals surface area contributed by atoms with E-state index in [0.29, 0.717) is 33.7 Å². The van der Waals surface area contributed by atoms with Crippen molar-refractivity contribution in [3.63, 3.8) is 0 Å². The first-order chi connectivity index (χ1) is 15.0. The fraction of sp³-hybridized carbons (Fsp3) is 0.217. The van der Waals surface area contributed by atoms with E-state index in [-0.39, 0.29) is 6.54 Å². The van der Waals surface area contributed by atoms with Gasteiger partial charge in [0, 0.05) is 24.7 Å². The van der Waals surface area contributed by atoms with Crippen molar-refractivity contribution in [3.05, 3.63) is 70.6 Å². The molecule has 1 aliphatic heterocycles. The molecular weight excluding hydrogens is 418 g/mol. The molecule has 0 fully saturated rings. The highest BCUT2D eigenvalue weighted by atomic mass is 32.1. The largest absolute Gasteiger partial charge is 0.497 e. The highest BCUT2D eigenvalue weighted by molar-refractivity contribution is 7.16. The van der Waals surface area contributed by atoms with Crippen molar-refractivity contribution in [2.24, 2.45) is 0 Å². The third-order valence-corrected chi connectivity index (χ3v) is 6.13. The number of aliphatic carboxylic acids is 1. The molecule has 2 aromatic carbocycles. The van der Waals surface area contributed by atoms with Gasteiger partial charge in [-0.05, 0) is 29.8 Å². The number of benzene rings is 2. The van der Waals surface area contributed by atoms with Crippen LogP contribution in [0.2, 0.25) is 0 Å². The molecule has 160 valence electrons.